The molecule has 0 saturated carbocycles. The third-order valence-electron chi connectivity index (χ3n) is 4.23. The van der Waals surface area contributed by atoms with Crippen LogP contribution < -0.4 is 10.1 Å². The molecule has 146 valence electrons. The number of nitrogens with one attached hydrogen (secondary N) is 1. The number of hydrogen-bond donors (Lipinski definition) is 1. The van der Waals surface area contributed by atoms with Crippen LogP contribution in [0.2, 0.25) is 5.02 Å². The van der Waals surface area contributed by atoms with Crippen LogP contribution in [0.25, 0.3) is 10.8 Å². The van der Waals surface area contributed by atoms with Crippen molar-refractivity contribution >= 4 is 34.0 Å². The molecule has 1 amide bonds. The van der Waals surface area contributed by atoms with Crippen molar-refractivity contribution in [1.82, 2.24) is 0 Å². The average Bonchev–Trinajstić information content (AvgIpc) is 2.66. The molecule has 0 bridgehead atoms. The molecule has 1 unspecified atom stereocenters. The van der Waals surface area contributed by atoms with E-state index in [4.69, 9.17) is 16.3 Å². The number of fused-ring (bicyclic) bond motifs is 1. The van der Waals surface area contributed by atoms with Crippen LogP contribution in [-0.2, 0) is 11.0 Å². The van der Waals surface area contributed by atoms with Gasteiger partial charge >= 0.3 is 6.18 Å². The Bertz CT molecular complexity index is 999. The SMILES string of the molecule is CCC(Oc1cccc2ccccc12)C(=O)Nc1cc(C(F)(F)F)ccc1Cl. The van der Waals surface area contributed by atoms with Gasteiger partial charge in [-0.2, -0.15) is 13.2 Å². The van der Waals surface area contributed by atoms with Crippen molar-refractivity contribution in [3.05, 3.63) is 71.2 Å². The minimum Gasteiger partial charge on any atom is -0.480 e. The molecular formula is C21H17ClF3NO2. The molecule has 3 aromatic carbocycles. The molecule has 0 aliphatic heterocycles. The maximum atomic E-state index is 12.9. The van der Waals surface area contributed by atoms with E-state index < -0.39 is 23.8 Å². The summed E-state index contributed by atoms with van der Waals surface area (Å²) in [4.78, 5) is 12.6. The van der Waals surface area contributed by atoms with E-state index >= 15 is 0 Å². The molecular weight excluding hydrogens is 391 g/mol. The maximum absolute atomic E-state index is 12.9. The van der Waals surface area contributed by atoms with Crippen molar-refractivity contribution in [3.63, 3.8) is 0 Å². The Kier molecular flexibility index (Phi) is 5.79. The molecule has 3 rings (SSSR count). The Morgan fingerprint density at radius 1 is 1.11 bits per heavy atom. The lowest BCUT2D eigenvalue weighted by atomic mass is 10.1. The summed E-state index contributed by atoms with van der Waals surface area (Å²) in [6.45, 7) is 1.75. The van der Waals surface area contributed by atoms with Gasteiger partial charge in [-0.05, 0) is 36.1 Å². The van der Waals surface area contributed by atoms with Crippen molar-refractivity contribution in [2.75, 3.05) is 5.32 Å². The van der Waals surface area contributed by atoms with Crippen molar-refractivity contribution in [2.24, 2.45) is 0 Å². The number of anilines is 1. The molecule has 1 N–H and O–H groups in total. The van der Waals surface area contributed by atoms with Gasteiger partial charge in [0.25, 0.3) is 5.91 Å². The van der Waals surface area contributed by atoms with Gasteiger partial charge in [-0.15, -0.1) is 0 Å². The van der Waals surface area contributed by atoms with Crippen LogP contribution in [0.1, 0.15) is 18.9 Å². The standard InChI is InChI=1S/C21H17ClF3NO2/c1-2-18(28-19-9-5-7-13-6-3-4-8-15(13)19)20(27)26-17-12-14(21(23,24)25)10-11-16(17)22/h3-12,18H,2H2,1H3,(H,26,27). The van der Waals surface area contributed by atoms with Crippen LogP contribution in [0.15, 0.2) is 60.7 Å². The summed E-state index contributed by atoms with van der Waals surface area (Å²) in [7, 11) is 0. The summed E-state index contributed by atoms with van der Waals surface area (Å²) in [5.41, 5.74) is -1.00. The molecule has 3 aromatic rings. The van der Waals surface area contributed by atoms with Gasteiger partial charge in [-0.1, -0.05) is 54.9 Å². The predicted octanol–water partition coefficient (Wildman–Crippen LogP) is 6.31. The van der Waals surface area contributed by atoms with E-state index in [9.17, 15) is 18.0 Å². The van der Waals surface area contributed by atoms with Crippen LogP contribution in [0.5, 0.6) is 5.75 Å². The summed E-state index contributed by atoms with van der Waals surface area (Å²) in [6, 6.07) is 15.8. The third-order valence-corrected chi connectivity index (χ3v) is 4.56. The second kappa shape index (κ2) is 8.10. The highest BCUT2D eigenvalue weighted by molar-refractivity contribution is 6.33. The number of halogens is 4. The van der Waals surface area contributed by atoms with E-state index in [1.54, 1.807) is 13.0 Å². The second-order valence-corrected chi connectivity index (χ2v) is 6.58. The van der Waals surface area contributed by atoms with Crippen LogP contribution in [0.4, 0.5) is 18.9 Å². The number of hydrogen-bond acceptors (Lipinski definition) is 2. The van der Waals surface area contributed by atoms with E-state index in [1.165, 1.54) is 0 Å². The molecule has 0 fully saturated rings. The lowest BCUT2D eigenvalue weighted by Gasteiger charge is -2.19. The molecule has 0 aliphatic rings. The summed E-state index contributed by atoms with van der Waals surface area (Å²) in [5.74, 6) is -0.0492. The highest BCUT2D eigenvalue weighted by Crippen LogP contribution is 2.34. The maximum Gasteiger partial charge on any atom is 0.416 e. The van der Waals surface area contributed by atoms with Gasteiger partial charge in [0.2, 0.25) is 0 Å². The molecule has 0 spiro atoms. The Morgan fingerprint density at radius 2 is 1.82 bits per heavy atom. The fourth-order valence-corrected chi connectivity index (χ4v) is 2.95. The highest BCUT2D eigenvalue weighted by Gasteiger charge is 2.31. The average molecular weight is 408 g/mol. The molecule has 0 radical (unpaired) electrons. The zero-order chi connectivity index (χ0) is 20.3. The fourth-order valence-electron chi connectivity index (χ4n) is 2.78. The number of carbonyl (C=O) groups excluding carboxylic acids is 1. The lowest BCUT2D eigenvalue weighted by molar-refractivity contribution is -0.137. The van der Waals surface area contributed by atoms with E-state index in [1.807, 2.05) is 36.4 Å². The smallest absolute Gasteiger partial charge is 0.416 e. The van der Waals surface area contributed by atoms with Gasteiger partial charge in [0.1, 0.15) is 5.75 Å². The number of rotatable bonds is 5. The summed E-state index contributed by atoms with van der Waals surface area (Å²) in [5, 5.41) is 4.26. The van der Waals surface area contributed by atoms with Gasteiger partial charge in [0.05, 0.1) is 16.3 Å². The first-order valence-electron chi connectivity index (χ1n) is 8.61. The number of ether oxygens (including phenoxy) is 1. The summed E-state index contributed by atoms with van der Waals surface area (Å²) >= 11 is 5.95. The van der Waals surface area contributed by atoms with Gasteiger partial charge in [-0.25, -0.2) is 0 Å². The Labute approximate surface area is 165 Å². The van der Waals surface area contributed by atoms with Crippen LogP contribution in [0.3, 0.4) is 0 Å². The molecule has 1 atom stereocenters. The van der Waals surface area contributed by atoms with E-state index in [2.05, 4.69) is 5.32 Å². The van der Waals surface area contributed by atoms with Crippen LogP contribution in [0, 0.1) is 0 Å². The highest BCUT2D eigenvalue weighted by atomic mass is 35.5. The minimum atomic E-state index is -4.53. The summed E-state index contributed by atoms with van der Waals surface area (Å²) < 4.78 is 44.6. The number of alkyl halides is 3. The topological polar surface area (TPSA) is 38.3 Å². The van der Waals surface area contributed by atoms with Crippen LogP contribution >= 0.6 is 11.6 Å². The Morgan fingerprint density at radius 3 is 2.54 bits per heavy atom. The fraction of sp³-hybridized carbons (Fsp3) is 0.190. The normalized spacial score (nSPS) is 12.6. The van der Waals surface area contributed by atoms with E-state index in [-0.39, 0.29) is 10.7 Å². The van der Waals surface area contributed by atoms with Crippen molar-refractivity contribution in [3.8, 4) is 5.75 Å². The van der Waals surface area contributed by atoms with Crippen molar-refractivity contribution in [1.29, 1.82) is 0 Å². The monoisotopic (exact) mass is 407 g/mol. The third kappa shape index (κ3) is 4.39. The zero-order valence-electron chi connectivity index (χ0n) is 14.9. The lowest BCUT2D eigenvalue weighted by Crippen LogP contribution is -2.32. The van der Waals surface area contributed by atoms with Gasteiger partial charge in [-0.3, -0.25) is 4.79 Å². The quantitative estimate of drug-likeness (QED) is 0.538. The van der Waals surface area contributed by atoms with Crippen molar-refractivity contribution in [2.45, 2.75) is 25.6 Å². The zero-order valence-corrected chi connectivity index (χ0v) is 15.6. The van der Waals surface area contributed by atoms with Gasteiger partial charge < -0.3 is 10.1 Å². The largest absolute Gasteiger partial charge is 0.480 e. The van der Waals surface area contributed by atoms with Crippen molar-refractivity contribution < 1.29 is 22.7 Å². The first-order valence-corrected chi connectivity index (χ1v) is 8.99. The van der Waals surface area contributed by atoms with Crippen LogP contribution in [-0.4, -0.2) is 12.0 Å². The van der Waals surface area contributed by atoms with E-state index in [0.29, 0.717) is 12.2 Å². The first-order chi connectivity index (χ1) is 13.3. The number of carbonyl (C=O) groups is 1. The Balaban J connectivity index is 1.83. The molecule has 3 nitrogen and oxygen atoms in total. The second-order valence-electron chi connectivity index (χ2n) is 6.17. The molecule has 28 heavy (non-hydrogen) atoms. The number of amides is 1. The predicted molar refractivity (Wildman–Crippen MR) is 104 cm³/mol. The van der Waals surface area contributed by atoms with E-state index in [0.717, 1.165) is 29.0 Å². The summed E-state index contributed by atoms with van der Waals surface area (Å²) in [6.07, 6.45) is -5.10. The van der Waals surface area contributed by atoms with Gasteiger partial charge in [0, 0.05) is 5.39 Å². The molecule has 0 saturated heterocycles. The molecule has 7 heteroatoms. The number of benzene rings is 3. The molecule has 0 aliphatic carbocycles. The first kappa shape index (κ1) is 20.0. The molecule has 0 heterocycles. The molecule has 0 aromatic heterocycles. The minimum absolute atomic E-state index is 0.0152. The Hall–Kier alpha value is -2.73. The van der Waals surface area contributed by atoms with Gasteiger partial charge in [0.15, 0.2) is 6.10 Å².